The molecule has 0 spiro atoms. The fraction of sp³-hybridized carbons (Fsp3) is 0.667. The minimum absolute atomic E-state index is 0.139. The molecule has 3 heteroatoms. The summed E-state index contributed by atoms with van der Waals surface area (Å²) in [5, 5.41) is 8.72. The highest BCUT2D eigenvalue weighted by atomic mass is 19.1. The number of hydrogen-bond donors (Lipinski definition) is 1. The number of allylic oxidation sites excluding steroid dienone is 2. The van der Waals surface area contributed by atoms with Gasteiger partial charge < -0.3 is 5.11 Å². The third kappa shape index (κ3) is 1.36. The van der Waals surface area contributed by atoms with Crippen LogP contribution in [-0.4, -0.2) is 11.1 Å². The van der Waals surface area contributed by atoms with Crippen molar-refractivity contribution in [3.8, 4) is 0 Å². The molecule has 1 fully saturated rings. The van der Waals surface area contributed by atoms with Crippen molar-refractivity contribution in [3.05, 3.63) is 11.9 Å². The molecule has 2 unspecified atom stereocenters. The number of rotatable bonds is 2. The van der Waals surface area contributed by atoms with Crippen LogP contribution in [0.4, 0.5) is 4.39 Å². The van der Waals surface area contributed by atoms with Gasteiger partial charge in [-0.05, 0) is 24.3 Å². The van der Waals surface area contributed by atoms with E-state index in [-0.39, 0.29) is 17.2 Å². The predicted octanol–water partition coefficient (Wildman–Crippen LogP) is 2.22. The molecule has 68 valence electrons. The van der Waals surface area contributed by atoms with E-state index in [1.54, 1.807) is 0 Å². The SMILES string of the molecule is C/C(F)=C\C1C(C(=O)O)C1(C)C. The van der Waals surface area contributed by atoms with Gasteiger partial charge in [-0.3, -0.25) is 4.79 Å². The van der Waals surface area contributed by atoms with Crippen LogP contribution in [0.15, 0.2) is 11.9 Å². The summed E-state index contributed by atoms with van der Waals surface area (Å²) in [5.41, 5.74) is -0.279. The number of carboxylic acids is 1. The summed E-state index contributed by atoms with van der Waals surface area (Å²) >= 11 is 0. The Kier molecular flexibility index (Phi) is 1.98. The molecule has 0 aromatic heterocycles. The van der Waals surface area contributed by atoms with Crippen LogP contribution in [0, 0.1) is 17.3 Å². The maximum Gasteiger partial charge on any atom is 0.307 e. The zero-order chi connectivity index (χ0) is 9.52. The average Bonchev–Trinajstić information content (AvgIpc) is 2.32. The van der Waals surface area contributed by atoms with Crippen molar-refractivity contribution in [1.29, 1.82) is 0 Å². The topological polar surface area (TPSA) is 37.3 Å². The molecule has 0 amide bonds. The summed E-state index contributed by atoms with van der Waals surface area (Å²) in [6.45, 7) is 5.03. The van der Waals surface area contributed by atoms with Crippen LogP contribution in [-0.2, 0) is 4.79 Å². The lowest BCUT2D eigenvalue weighted by atomic mass is 10.1. The predicted molar refractivity (Wildman–Crippen MR) is 43.3 cm³/mol. The zero-order valence-electron chi connectivity index (χ0n) is 7.47. The Balaban J connectivity index is 2.73. The Morgan fingerprint density at radius 3 is 2.33 bits per heavy atom. The summed E-state index contributed by atoms with van der Waals surface area (Å²) in [6, 6.07) is 0. The standard InChI is InChI=1S/C9H13FO2/c1-5(10)4-6-7(8(11)12)9(6,2)3/h4,6-7H,1-3H3,(H,11,12)/b5-4+. The lowest BCUT2D eigenvalue weighted by Gasteiger charge is -1.96. The third-order valence-corrected chi connectivity index (χ3v) is 2.59. The Morgan fingerprint density at radius 1 is 1.58 bits per heavy atom. The van der Waals surface area contributed by atoms with Crippen LogP contribution >= 0.6 is 0 Å². The van der Waals surface area contributed by atoms with Crippen LogP contribution < -0.4 is 0 Å². The molecular formula is C9H13FO2. The molecule has 2 atom stereocenters. The van der Waals surface area contributed by atoms with Crippen molar-refractivity contribution in [2.24, 2.45) is 17.3 Å². The van der Waals surface area contributed by atoms with E-state index >= 15 is 0 Å². The average molecular weight is 172 g/mol. The van der Waals surface area contributed by atoms with E-state index < -0.39 is 11.9 Å². The van der Waals surface area contributed by atoms with Gasteiger partial charge in [0.05, 0.1) is 11.7 Å². The number of carboxylic acid groups (broad SMARTS) is 1. The van der Waals surface area contributed by atoms with Crippen molar-refractivity contribution in [2.45, 2.75) is 20.8 Å². The molecule has 1 saturated carbocycles. The second-order valence-electron chi connectivity index (χ2n) is 3.92. The molecule has 1 rings (SSSR count). The van der Waals surface area contributed by atoms with E-state index in [0.717, 1.165) is 0 Å². The lowest BCUT2D eigenvalue weighted by molar-refractivity contribution is -0.139. The maximum absolute atomic E-state index is 12.4. The van der Waals surface area contributed by atoms with E-state index in [1.807, 2.05) is 13.8 Å². The fourth-order valence-corrected chi connectivity index (χ4v) is 1.71. The van der Waals surface area contributed by atoms with Crippen molar-refractivity contribution in [2.75, 3.05) is 0 Å². The Bertz CT molecular complexity index is 239. The normalized spacial score (nSPS) is 33.2. The van der Waals surface area contributed by atoms with Gasteiger partial charge >= 0.3 is 5.97 Å². The molecule has 0 radical (unpaired) electrons. The third-order valence-electron chi connectivity index (χ3n) is 2.59. The van der Waals surface area contributed by atoms with Crippen molar-refractivity contribution in [1.82, 2.24) is 0 Å². The quantitative estimate of drug-likeness (QED) is 0.693. The molecule has 0 bridgehead atoms. The molecule has 0 saturated heterocycles. The van der Waals surface area contributed by atoms with Gasteiger partial charge in [0.1, 0.15) is 0 Å². The van der Waals surface area contributed by atoms with Crippen molar-refractivity contribution < 1.29 is 14.3 Å². The summed E-state index contributed by atoms with van der Waals surface area (Å²) in [5.74, 6) is -1.68. The maximum atomic E-state index is 12.4. The smallest absolute Gasteiger partial charge is 0.307 e. The molecule has 0 aliphatic heterocycles. The molecule has 1 aliphatic carbocycles. The second kappa shape index (κ2) is 2.57. The summed E-state index contributed by atoms with van der Waals surface area (Å²) in [6.07, 6.45) is 1.40. The number of aliphatic carboxylic acids is 1. The molecule has 12 heavy (non-hydrogen) atoms. The van der Waals surface area contributed by atoms with Crippen LogP contribution in [0.5, 0.6) is 0 Å². The lowest BCUT2D eigenvalue weighted by Crippen LogP contribution is -2.02. The van der Waals surface area contributed by atoms with Crippen LogP contribution in [0.1, 0.15) is 20.8 Å². The highest BCUT2D eigenvalue weighted by Crippen LogP contribution is 2.59. The first kappa shape index (κ1) is 9.23. The van der Waals surface area contributed by atoms with Gasteiger partial charge in [-0.1, -0.05) is 13.8 Å². The minimum Gasteiger partial charge on any atom is -0.481 e. The van der Waals surface area contributed by atoms with Gasteiger partial charge in [0.25, 0.3) is 0 Å². The Morgan fingerprint density at radius 2 is 2.08 bits per heavy atom. The highest BCUT2D eigenvalue weighted by Gasteiger charge is 2.60. The monoisotopic (exact) mass is 172 g/mol. The molecule has 2 nitrogen and oxygen atoms in total. The minimum atomic E-state index is -0.831. The highest BCUT2D eigenvalue weighted by molar-refractivity contribution is 5.76. The molecule has 1 N–H and O–H groups in total. The van der Waals surface area contributed by atoms with Crippen molar-refractivity contribution in [3.63, 3.8) is 0 Å². The zero-order valence-corrected chi connectivity index (χ0v) is 7.47. The summed E-state index contributed by atoms with van der Waals surface area (Å²) < 4.78 is 12.4. The molecule has 0 aromatic rings. The second-order valence-corrected chi connectivity index (χ2v) is 3.92. The van der Waals surface area contributed by atoms with Gasteiger partial charge in [-0.2, -0.15) is 0 Å². The first-order valence-corrected chi connectivity index (χ1v) is 3.94. The number of halogens is 1. The first-order chi connectivity index (χ1) is 5.37. The number of hydrogen-bond acceptors (Lipinski definition) is 1. The summed E-state index contributed by atoms with van der Waals surface area (Å²) in [4.78, 5) is 10.6. The van der Waals surface area contributed by atoms with Gasteiger partial charge in [0.15, 0.2) is 0 Å². The number of carbonyl (C=O) groups is 1. The van der Waals surface area contributed by atoms with Gasteiger partial charge in [0.2, 0.25) is 0 Å². The van der Waals surface area contributed by atoms with E-state index in [4.69, 9.17) is 5.11 Å². The molecule has 0 heterocycles. The van der Waals surface area contributed by atoms with E-state index in [9.17, 15) is 9.18 Å². The molecule has 1 aliphatic rings. The Labute approximate surface area is 71.1 Å². The van der Waals surface area contributed by atoms with Crippen molar-refractivity contribution >= 4 is 5.97 Å². The Hall–Kier alpha value is -0.860. The van der Waals surface area contributed by atoms with Crippen LogP contribution in [0.2, 0.25) is 0 Å². The largest absolute Gasteiger partial charge is 0.481 e. The van der Waals surface area contributed by atoms with Crippen LogP contribution in [0.3, 0.4) is 0 Å². The van der Waals surface area contributed by atoms with Crippen LogP contribution in [0.25, 0.3) is 0 Å². The van der Waals surface area contributed by atoms with E-state index in [1.165, 1.54) is 13.0 Å². The first-order valence-electron chi connectivity index (χ1n) is 3.94. The van der Waals surface area contributed by atoms with Gasteiger partial charge in [-0.15, -0.1) is 0 Å². The molecular weight excluding hydrogens is 159 g/mol. The van der Waals surface area contributed by atoms with Gasteiger partial charge in [0, 0.05) is 0 Å². The van der Waals surface area contributed by atoms with E-state index in [2.05, 4.69) is 0 Å². The summed E-state index contributed by atoms with van der Waals surface area (Å²) in [7, 11) is 0. The molecule has 0 aromatic carbocycles. The van der Waals surface area contributed by atoms with E-state index in [0.29, 0.717) is 0 Å². The van der Waals surface area contributed by atoms with Gasteiger partial charge in [-0.25, -0.2) is 4.39 Å². The fourth-order valence-electron chi connectivity index (χ4n) is 1.71.